The van der Waals surface area contributed by atoms with Gasteiger partial charge in [-0.3, -0.25) is 4.79 Å². The second kappa shape index (κ2) is 12.6. The van der Waals surface area contributed by atoms with Gasteiger partial charge >= 0.3 is 0 Å². The SMILES string of the molecule is CC(CO)NCCOC[C@]1(O)CC2C(S(=O)(=O)c3cc(C(=O)Nc4cc(F)c(F)c(F)c4)ccc3Cl)[C@@H](C[C@@H]2C)C1. The Kier molecular flexibility index (Phi) is 9.72. The zero-order valence-electron chi connectivity index (χ0n) is 22.7. The first-order valence-corrected chi connectivity index (χ1v) is 15.3. The third-order valence-corrected chi connectivity index (χ3v) is 10.9. The van der Waals surface area contributed by atoms with E-state index in [2.05, 4.69) is 10.6 Å². The third kappa shape index (κ3) is 6.89. The van der Waals surface area contributed by atoms with E-state index in [1.54, 1.807) is 0 Å². The van der Waals surface area contributed by atoms with Crippen LogP contribution in [0.1, 0.15) is 43.5 Å². The van der Waals surface area contributed by atoms with Crippen molar-refractivity contribution in [3.63, 3.8) is 0 Å². The van der Waals surface area contributed by atoms with E-state index in [0.29, 0.717) is 31.7 Å². The molecular weight excluding hydrogens is 585 g/mol. The van der Waals surface area contributed by atoms with E-state index in [1.165, 1.54) is 12.1 Å². The molecule has 3 unspecified atom stereocenters. The fourth-order valence-electron chi connectivity index (χ4n) is 6.13. The Balaban J connectivity index is 1.50. The lowest BCUT2D eigenvalue weighted by molar-refractivity contribution is -0.0834. The van der Waals surface area contributed by atoms with Crippen molar-refractivity contribution in [1.82, 2.24) is 5.32 Å². The van der Waals surface area contributed by atoms with Crippen molar-refractivity contribution in [2.75, 3.05) is 31.7 Å². The predicted molar refractivity (Wildman–Crippen MR) is 147 cm³/mol. The minimum Gasteiger partial charge on any atom is -0.395 e. The van der Waals surface area contributed by atoms with Crippen molar-refractivity contribution in [3.05, 3.63) is 58.4 Å². The molecule has 0 spiro atoms. The highest BCUT2D eigenvalue weighted by Gasteiger charge is 2.57. The lowest BCUT2D eigenvalue weighted by atomic mass is 9.76. The molecule has 2 aromatic carbocycles. The van der Waals surface area contributed by atoms with Crippen LogP contribution in [0.25, 0.3) is 0 Å². The molecule has 0 heterocycles. The van der Waals surface area contributed by atoms with Gasteiger partial charge in [-0.15, -0.1) is 0 Å². The number of fused-ring (bicyclic) bond motifs is 2. The first-order valence-electron chi connectivity index (χ1n) is 13.4. The Bertz CT molecular complexity index is 1370. The number of amides is 1. The molecule has 2 aromatic rings. The highest BCUT2D eigenvalue weighted by molar-refractivity contribution is 7.92. The Morgan fingerprint density at radius 1 is 1.20 bits per heavy atom. The summed E-state index contributed by atoms with van der Waals surface area (Å²) < 4.78 is 74.1. The van der Waals surface area contributed by atoms with Gasteiger partial charge in [0.1, 0.15) is 0 Å². The number of carbonyl (C=O) groups is 1. The van der Waals surface area contributed by atoms with Crippen LogP contribution < -0.4 is 10.6 Å². The maximum absolute atomic E-state index is 14.0. The number of aliphatic hydroxyl groups excluding tert-OH is 1. The summed E-state index contributed by atoms with van der Waals surface area (Å²) in [6.45, 7) is 4.64. The van der Waals surface area contributed by atoms with E-state index >= 15 is 0 Å². The van der Waals surface area contributed by atoms with Gasteiger partial charge in [0.05, 0.1) is 40.6 Å². The lowest BCUT2D eigenvalue weighted by Gasteiger charge is -2.41. The van der Waals surface area contributed by atoms with Gasteiger partial charge in [-0.2, -0.15) is 0 Å². The lowest BCUT2D eigenvalue weighted by Crippen LogP contribution is -2.49. The first-order chi connectivity index (χ1) is 19.3. The summed E-state index contributed by atoms with van der Waals surface area (Å²) in [7, 11) is -4.07. The Hall–Kier alpha value is -2.22. The molecular formula is C28H34ClF3N2O6S. The molecule has 13 heteroatoms. The van der Waals surface area contributed by atoms with Crippen LogP contribution in [0.5, 0.6) is 0 Å². The van der Waals surface area contributed by atoms with E-state index in [0.717, 1.165) is 6.07 Å². The molecule has 0 radical (unpaired) electrons. The molecule has 0 aliphatic heterocycles. The summed E-state index contributed by atoms with van der Waals surface area (Å²) in [6, 6.07) is 4.81. The van der Waals surface area contributed by atoms with Crippen LogP contribution in [0, 0.1) is 35.2 Å². The average molecular weight is 619 g/mol. The van der Waals surface area contributed by atoms with Crippen LogP contribution in [0.4, 0.5) is 18.9 Å². The van der Waals surface area contributed by atoms with Crippen LogP contribution in [0.2, 0.25) is 5.02 Å². The van der Waals surface area contributed by atoms with Gasteiger partial charge in [-0.1, -0.05) is 18.5 Å². The van der Waals surface area contributed by atoms with Crippen molar-refractivity contribution >= 4 is 33.0 Å². The van der Waals surface area contributed by atoms with E-state index in [1.807, 2.05) is 13.8 Å². The molecule has 2 aliphatic carbocycles. The quantitative estimate of drug-likeness (QED) is 0.222. The molecule has 8 nitrogen and oxygen atoms in total. The number of benzene rings is 2. The highest BCUT2D eigenvalue weighted by atomic mass is 35.5. The molecule has 0 aromatic heterocycles. The van der Waals surface area contributed by atoms with Crippen LogP contribution in [-0.4, -0.2) is 67.8 Å². The maximum Gasteiger partial charge on any atom is 0.255 e. The fraction of sp³-hybridized carbons (Fsp3) is 0.536. The topological polar surface area (TPSA) is 125 Å². The summed E-state index contributed by atoms with van der Waals surface area (Å²) in [5, 5.41) is 24.8. The molecule has 2 aliphatic rings. The fourth-order valence-corrected chi connectivity index (χ4v) is 9.04. The summed E-state index contributed by atoms with van der Waals surface area (Å²) in [5.41, 5.74) is -1.66. The van der Waals surface area contributed by atoms with Crippen LogP contribution in [-0.2, 0) is 14.6 Å². The number of nitrogens with one attached hydrogen (secondary N) is 2. The molecule has 1 amide bonds. The number of carbonyl (C=O) groups excluding carboxylic acids is 1. The van der Waals surface area contributed by atoms with Gasteiger partial charge < -0.3 is 25.6 Å². The van der Waals surface area contributed by atoms with Gasteiger partial charge in [0, 0.05) is 36.0 Å². The Morgan fingerprint density at radius 2 is 1.88 bits per heavy atom. The standard InChI is InChI=1S/C28H34ClF3N2O6S/c1-15-7-18-11-28(37,14-40-6-5-33-16(2)13-35)12-20(15)26(18)41(38,39)24-8-17(3-4-21(24)29)27(36)34-19-9-22(30)25(32)23(31)10-19/h3-4,8-10,15-16,18,20,26,33,35,37H,5-7,11-14H2,1-2H3,(H,34,36)/t15-,16?,18-,20?,26?,28+/m0/s1. The van der Waals surface area contributed by atoms with E-state index in [4.69, 9.17) is 21.4 Å². The summed E-state index contributed by atoms with van der Waals surface area (Å²) in [4.78, 5) is 12.6. The van der Waals surface area contributed by atoms with Crippen LogP contribution >= 0.6 is 11.6 Å². The second-order valence-electron chi connectivity index (χ2n) is 11.2. The van der Waals surface area contributed by atoms with Crippen molar-refractivity contribution in [1.29, 1.82) is 0 Å². The van der Waals surface area contributed by atoms with Gasteiger partial charge in [0.15, 0.2) is 27.3 Å². The molecule has 2 bridgehead atoms. The van der Waals surface area contributed by atoms with E-state index in [9.17, 15) is 31.5 Å². The monoisotopic (exact) mass is 618 g/mol. The number of hydrogen-bond acceptors (Lipinski definition) is 7. The maximum atomic E-state index is 14.0. The molecule has 226 valence electrons. The third-order valence-electron chi connectivity index (χ3n) is 8.03. The number of aliphatic hydroxyl groups is 2. The summed E-state index contributed by atoms with van der Waals surface area (Å²) >= 11 is 6.32. The summed E-state index contributed by atoms with van der Waals surface area (Å²) in [6.07, 6.45) is 1.03. The molecule has 2 fully saturated rings. The Morgan fingerprint density at radius 3 is 2.51 bits per heavy atom. The number of sulfone groups is 1. The number of hydrogen-bond donors (Lipinski definition) is 4. The number of ether oxygens (including phenoxy) is 1. The molecule has 2 saturated carbocycles. The first kappa shape index (κ1) is 31.7. The average Bonchev–Trinajstić information content (AvgIpc) is 3.13. The normalized spacial score (nSPS) is 26.6. The van der Waals surface area contributed by atoms with Gasteiger partial charge in [-0.25, -0.2) is 21.6 Å². The molecule has 4 rings (SSSR count). The van der Waals surface area contributed by atoms with Crippen LogP contribution in [0.15, 0.2) is 35.2 Å². The largest absolute Gasteiger partial charge is 0.395 e. The minimum absolute atomic E-state index is 0.00708. The zero-order valence-corrected chi connectivity index (χ0v) is 24.2. The number of halogens is 4. The second-order valence-corrected chi connectivity index (χ2v) is 13.7. The predicted octanol–water partition coefficient (Wildman–Crippen LogP) is 3.94. The smallest absolute Gasteiger partial charge is 0.255 e. The summed E-state index contributed by atoms with van der Waals surface area (Å²) in [5.74, 6) is -6.25. The van der Waals surface area contributed by atoms with Crippen LogP contribution in [0.3, 0.4) is 0 Å². The van der Waals surface area contributed by atoms with Crippen molar-refractivity contribution in [2.24, 2.45) is 17.8 Å². The zero-order chi connectivity index (χ0) is 30.1. The van der Waals surface area contributed by atoms with Crippen molar-refractivity contribution in [3.8, 4) is 0 Å². The van der Waals surface area contributed by atoms with E-state index in [-0.39, 0.29) is 71.0 Å². The number of anilines is 1. The van der Waals surface area contributed by atoms with Gasteiger partial charge in [-0.05, 0) is 62.1 Å². The van der Waals surface area contributed by atoms with Crippen molar-refractivity contribution in [2.45, 2.75) is 54.9 Å². The highest BCUT2D eigenvalue weighted by Crippen LogP contribution is 2.54. The number of rotatable bonds is 11. The molecule has 6 atom stereocenters. The minimum atomic E-state index is -4.07. The van der Waals surface area contributed by atoms with E-state index < -0.39 is 44.0 Å². The Labute approximate surface area is 242 Å². The molecule has 41 heavy (non-hydrogen) atoms. The van der Waals surface area contributed by atoms with Gasteiger partial charge in [0.2, 0.25) is 0 Å². The van der Waals surface area contributed by atoms with Crippen molar-refractivity contribution < 1.29 is 41.3 Å². The van der Waals surface area contributed by atoms with Gasteiger partial charge in [0.25, 0.3) is 5.91 Å². The molecule has 4 N–H and O–H groups in total. The molecule has 0 saturated heterocycles.